The van der Waals surface area contributed by atoms with E-state index < -0.39 is 17.6 Å². The first kappa shape index (κ1) is 20.7. The zero-order valence-corrected chi connectivity index (χ0v) is 16.5. The third-order valence-corrected chi connectivity index (χ3v) is 4.69. The standard InChI is InChI=1S/C23H14ClF3N2O2/c24-15-9-11-16(12-10-15)28-21(30)17-13-14-5-1-4-8-20(14)31-22(17)29-19-7-3-2-6-18(19)23(25,26)27/h1-13H,(H,28,30). The lowest BCUT2D eigenvalue weighted by Gasteiger charge is -2.10. The molecule has 4 aromatic rings. The number of hydrogen-bond acceptors (Lipinski definition) is 3. The number of nitrogens with zero attached hydrogens (tertiary/aromatic N) is 1. The number of halogens is 4. The van der Waals surface area contributed by atoms with Crippen LogP contribution in [0.25, 0.3) is 11.0 Å². The minimum Gasteiger partial charge on any atom is -0.438 e. The highest BCUT2D eigenvalue weighted by Gasteiger charge is 2.33. The Labute approximate surface area is 179 Å². The number of benzene rings is 3. The van der Waals surface area contributed by atoms with E-state index >= 15 is 0 Å². The molecule has 0 aliphatic rings. The predicted molar refractivity (Wildman–Crippen MR) is 112 cm³/mol. The van der Waals surface area contributed by atoms with Crippen LogP contribution in [-0.4, -0.2) is 5.91 Å². The van der Waals surface area contributed by atoms with Crippen molar-refractivity contribution in [3.63, 3.8) is 0 Å². The normalized spacial score (nSPS) is 12.2. The summed E-state index contributed by atoms with van der Waals surface area (Å²) in [5.41, 5.74) is -0.678. The predicted octanol–water partition coefficient (Wildman–Crippen LogP) is 6.59. The molecule has 3 aromatic carbocycles. The van der Waals surface area contributed by atoms with Gasteiger partial charge in [-0.1, -0.05) is 41.9 Å². The van der Waals surface area contributed by atoms with Gasteiger partial charge in [0.2, 0.25) is 5.55 Å². The average Bonchev–Trinajstić information content (AvgIpc) is 2.74. The van der Waals surface area contributed by atoms with Crippen LogP contribution in [0.5, 0.6) is 0 Å². The van der Waals surface area contributed by atoms with E-state index in [9.17, 15) is 18.0 Å². The monoisotopic (exact) mass is 442 g/mol. The number of amides is 1. The zero-order chi connectivity index (χ0) is 22.0. The van der Waals surface area contributed by atoms with Gasteiger partial charge in [-0.3, -0.25) is 4.79 Å². The summed E-state index contributed by atoms with van der Waals surface area (Å²) in [6.45, 7) is 0. The smallest absolute Gasteiger partial charge is 0.418 e. The fraction of sp³-hybridized carbons (Fsp3) is 0.0435. The molecule has 0 radical (unpaired) electrons. The van der Waals surface area contributed by atoms with Gasteiger partial charge in [-0.2, -0.15) is 13.2 Å². The summed E-state index contributed by atoms with van der Waals surface area (Å²) >= 11 is 5.86. The Morgan fingerprint density at radius 1 is 0.935 bits per heavy atom. The van der Waals surface area contributed by atoms with Gasteiger partial charge in [-0.25, -0.2) is 4.99 Å². The maximum Gasteiger partial charge on any atom is 0.418 e. The van der Waals surface area contributed by atoms with Crippen molar-refractivity contribution in [1.82, 2.24) is 0 Å². The number of alkyl halides is 3. The third kappa shape index (κ3) is 4.62. The van der Waals surface area contributed by atoms with Crippen LogP contribution in [0.2, 0.25) is 5.02 Å². The molecule has 0 fully saturated rings. The molecule has 0 unspecified atom stereocenters. The zero-order valence-electron chi connectivity index (χ0n) is 15.8. The van der Waals surface area contributed by atoms with Crippen LogP contribution in [-0.2, 0) is 6.18 Å². The molecule has 0 aliphatic carbocycles. The summed E-state index contributed by atoms with van der Waals surface area (Å²) in [5, 5.41) is 3.78. The molecule has 0 bridgehead atoms. The summed E-state index contributed by atoms with van der Waals surface area (Å²) in [5.74, 6) is -0.583. The molecule has 0 aliphatic heterocycles. The van der Waals surface area contributed by atoms with E-state index in [0.29, 0.717) is 21.7 Å². The van der Waals surface area contributed by atoms with E-state index in [4.69, 9.17) is 16.0 Å². The van der Waals surface area contributed by atoms with Gasteiger partial charge in [0.25, 0.3) is 5.91 Å². The van der Waals surface area contributed by atoms with Crippen molar-refractivity contribution in [3.8, 4) is 0 Å². The lowest BCUT2D eigenvalue weighted by atomic mass is 10.1. The van der Waals surface area contributed by atoms with Gasteiger partial charge in [-0.15, -0.1) is 0 Å². The molecule has 0 saturated heterocycles. The first-order chi connectivity index (χ1) is 14.8. The first-order valence-electron chi connectivity index (χ1n) is 9.12. The van der Waals surface area contributed by atoms with E-state index in [1.807, 2.05) is 0 Å². The van der Waals surface area contributed by atoms with Crippen molar-refractivity contribution >= 4 is 39.9 Å². The fourth-order valence-electron chi connectivity index (χ4n) is 2.97. The molecule has 1 amide bonds. The maximum atomic E-state index is 13.4. The van der Waals surface area contributed by atoms with Gasteiger partial charge in [0.1, 0.15) is 11.1 Å². The molecule has 0 atom stereocenters. The number of fused-ring (bicyclic) bond motifs is 1. The quantitative estimate of drug-likeness (QED) is 0.389. The van der Waals surface area contributed by atoms with Gasteiger partial charge in [0.15, 0.2) is 0 Å². The SMILES string of the molecule is O=C(Nc1ccc(Cl)cc1)c1cc2ccccc2oc1=Nc1ccccc1C(F)(F)F. The molecule has 156 valence electrons. The number of carbonyl (C=O) groups is 1. The Balaban J connectivity index is 1.88. The van der Waals surface area contributed by atoms with Crippen LogP contribution in [0.15, 0.2) is 88.3 Å². The highest BCUT2D eigenvalue weighted by atomic mass is 35.5. The molecule has 1 aromatic heterocycles. The Morgan fingerprint density at radius 3 is 2.35 bits per heavy atom. The topological polar surface area (TPSA) is 54.6 Å². The number of anilines is 1. The van der Waals surface area contributed by atoms with Crippen LogP contribution in [0.4, 0.5) is 24.5 Å². The summed E-state index contributed by atoms with van der Waals surface area (Å²) in [4.78, 5) is 17.0. The van der Waals surface area contributed by atoms with Gasteiger partial charge in [-0.05, 0) is 48.5 Å². The minimum atomic E-state index is -4.61. The van der Waals surface area contributed by atoms with Gasteiger partial charge >= 0.3 is 6.18 Å². The summed E-state index contributed by atoms with van der Waals surface area (Å²) in [7, 11) is 0. The molecular formula is C23H14ClF3N2O2. The maximum absolute atomic E-state index is 13.4. The molecule has 1 N–H and O–H groups in total. The van der Waals surface area contributed by atoms with Crippen molar-refractivity contribution in [2.24, 2.45) is 4.99 Å². The Hall–Kier alpha value is -3.58. The van der Waals surface area contributed by atoms with Crippen LogP contribution >= 0.6 is 11.6 Å². The number of carbonyl (C=O) groups excluding carboxylic acids is 1. The fourth-order valence-corrected chi connectivity index (χ4v) is 3.09. The lowest BCUT2D eigenvalue weighted by Crippen LogP contribution is -2.21. The molecule has 4 rings (SSSR count). The van der Waals surface area contributed by atoms with Crippen LogP contribution in [0.3, 0.4) is 0 Å². The Kier molecular flexibility index (Phi) is 5.52. The Bertz CT molecular complexity index is 1330. The van der Waals surface area contributed by atoms with Gasteiger partial charge in [0, 0.05) is 16.1 Å². The van der Waals surface area contributed by atoms with E-state index in [2.05, 4.69) is 10.3 Å². The Morgan fingerprint density at radius 2 is 1.61 bits per heavy atom. The van der Waals surface area contributed by atoms with Gasteiger partial charge < -0.3 is 9.73 Å². The van der Waals surface area contributed by atoms with E-state index in [1.165, 1.54) is 24.3 Å². The van der Waals surface area contributed by atoms with Crippen molar-refractivity contribution in [3.05, 3.63) is 101 Å². The van der Waals surface area contributed by atoms with Crippen molar-refractivity contribution < 1.29 is 22.4 Å². The highest BCUT2D eigenvalue weighted by Crippen LogP contribution is 2.35. The largest absolute Gasteiger partial charge is 0.438 e. The minimum absolute atomic E-state index is 0.00868. The third-order valence-electron chi connectivity index (χ3n) is 4.43. The van der Waals surface area contributed by atoms with Gasteiger partial charge in [0.05, 0.1) is 11.3 Å². The van der Waals surface area contributed by atoms with Crippen LogP contribution < -0.4 is 10.9 Å². The van der Waals surface area contributed by atoms with E-state index in [1.54, 1.807) is 48.5 Å². The molecule has 0 saturated carbocycles. The molecule has 0 spiro atoms. The average molecular weight is 443 g/mol. The molecule has 31 heavy (non-hydrogen) atoms. The van der Waals surface area contributed by atoms with E-state index in [0.717, 1.165) is 6.07 Å². The molecule has 1 heterocycles. The van der Waals surface area contributed by atoms with Crippen molar-refractivity contribution in [1.29, 1.82) is 0 Å². The lowest BCUT2D eigenvalue weighted by molar-refractivity contribution is -0.137. The second kappa shape index (κ2) is 8.28. The number of para-hydroxylation sites is 2. The van der Waals surface area contributed by atoms with Crippen molar-refractivity contribution in [2.45, 2.75) is 6.18 Å². The number of rotatable bonds is 3. The number of hydrogen-bond donors (Lipinski definition) is 1. The molecular weight excluding hydrogens is 429 g/mol. The van der Waals surface area contributed by atoms with Crippen molar-refractivity contribution in [2.75, 3.05) is 5.32 Å². The number of nitrogens with one attached hydrogen (secondary N) is 1. The van der Waals surface area contributed by atoms with Crippen LogP contribution in [0.1, 0.15) is 15.9 Å². The summed E-state index contributed by atoms with van der Waals surface area (Å²) in [6.07, 6.45) is -4.61. The molecule has 4 nitrogen and oxygen atoms in total. The highest BCUT2D eigenvalue weighted by molar-refractivity contribution is 6.30. The van der Waals surface area contributed by atoms with E-state index in [-0.39, 0.29) is 16.8 Å². The summed E-state index contributed by atoms with van der Waals surface area (Å²) in [6, 6.07) is 19.6. The molecule has 8 heteroatoms. The van der Waals surface area contributed by atoms with Crippen LogP contribution in [0, 0.1) is 0 Å². The second-order valence-corrected chi connectivity index (χ2v) is 7.03. The second-order valence-electron chi connectivity index (χ2n) is 6.59. The summed E-state index contributed by atoms with van der Waals surface area (Å²) < 4.78 is 45.9. The first-order valence-corrected chi connectivity index (χ1v) is 9.50.